The van der Waals surface area contributed by atoms with Gasteiger partial charge in [-0.05, 0) is 6.07 Å². The third kappa shape index (κ3) is 2.55. The lowest BCUT2D eigenvalue weighted by Crippen LogP contribution is -2.48. The van der Waals surface area contributed by atoms with Crippen molar-refractivity contribution < 1.29 is 14.3 Å². The molecule has 1 saturated heterocycles. The van der Waals surface area contributed by atoms with Crippen molar-refractivity contribution in [1.82, 2.24) is 10.2 Å². The summed E-state index contributed by atoms with van der Waals surface area (Å²) < 4.78 is 5.22. The first-order valence-electron chi connectivity index (χ1n) is 5.41. The summed E-state index contributed by atoms with van der Waals surface area (Å²) in [5, 5.41) is 2.29. The smallest absolute Gasteiger partial charge is 0.324 e. The van der Waals surface area contributed by atoms with Crippen LogP contribution in [0.2, 0.25) is 0 Å². The fraction of sp³-hybridized carbons (Fsp3) is 0.333. The van der Waals surface area contributed by atoms with Gasteiger partial charge in [0, 0.05) is 18.5 Å². The molecule has 0 atom stereocenters. The van der Waals surface area contributed by atoms with Crippen LogP contribution in [0.25, 0.3) is 0 Å². The van der Waals surface area contributed by atoms with E-state index in [4.69, 9.17) is 4.74 Å². The van der Waals surface area contributed by atoms with Gasteiger partial charge < -0.3 is 9.64 Å². The minimum atomic E-state index is -0.341. The van der Waals surface area contributed by atoms with E-state index in [1.54, 1.807) is 12.0 Å². The molecule has 0 bridgehead atoms. The zero-order valence-electron chi connectivity index (χ0n) is 9.60. The second kappa shape index (κ2) is 4.86. The number of methoxy groups -OCH3 is 1. The summed E-state index contributed by atoms with van der Waals surface area (Å²) in [7, 11) is 1.60. The van der Waals surface area contributed by atoms with Crippen LogP contribution in [0.15, 0.2) is 24.3 Å². The van der Waals surface area contributed by atoms with E-state index in [-0.39, 0.29) is 11.9 Å². The van der Waals surface area contributed by atoms with Gasteiger partial charge >= 0.3 is 6.03 Å². The predicted octanol–water partition coefficient (Wildman–Crippen LogP) is 1.14. The molecule has 1 aromatic carbocycles. The van der Waals surface area contributed by atoms with Gasteiger partial charge in [-0.15, -0.1) is 0 Å². The van der Waals surface area contributed by atoms with Gasteiger partial charge in [0.1, 0.15) is 5.75 Å². The summed E-state index contributed by atoms with van der Waals surface area (Å²) in [5.74, 6) is 0.531. The number of carbonyl (C=O) groups excluding carboxylic acids is 2. The Morgan fingerprint density at radius 3 is 2.82 bits per heavy atom. The van der Waals surface area contributed by atoms with Crippen LogP contribution in [0.3, 0.4) is 0 Å². The summed E-state index contributed by atoms with van der Waals surface area (Å²) >= 11 is 0. The molecule has 0 saturated carbocycles. The highest BCUT2D eigenvalue weighted by Gasteiger charge is 2.23. The molecule has 17 heavy (non-hydrogen) atoms. The number of benzene rings is 1. The first-order chi connectivity index (χ1) is 8.20. The first kappa shape index (κ1) is 11.4. The molecule has 0 spiro atoms. The molecule has 1 heterocycles. The second-order valence-electron chi connectivity index (χ2n) is 3.84. The number of urea groups is 1. The Morgan fingerprint density at radius 1 is 1.35 bits per heavy atom. The number of hydrogen-bond acceptors (Lipinski definition) is 3. The zero-order chi connectivity index (χ0) is 12.3. The van der Waals surface area contributed by atoms with Gasteiger partial charge in [0.25, 0.3) is 0 Å². The maximum absolute atomic E-state index is 11.6. The van der Waals surface area contributed by atoms with Crippen LogP contribution in [0.4, 0.5) is 4.79 Å². The van der Waals surface area contributed by atoms with Gasteiger partial charge in [0.2, 0.25) is 5.91 Å². The molecule has 5 nitrogen and oxygen atoms in total. The molecular formula is C12H14N2O3. The maximum atomic E-state index is 11.6. The van der Waals surface area contributed by atoms with E-state index < -0.39 is 0 Å². The van der Waals surface area contributed by atoms with Gasteiger partial charge in [0.15, 0.2) is 0 Å². The van der Waals surface area contributed by atoms with Crippen LogP contribution in [0.1, 0.15) is 12.0 Å². The number of ether oxygens (including phenoxy) is 1. The van der Waals surface area contributed by atoms with E-state index in [1.165, 1.54) is 0 Å². The van der Waals surface area contributed by atoms with Crippen molar-refractivity contribution in [1.29, 1.82) is 0 Å². The monoisotopic (exact) mass is 234 g/mol. The van der Waals surface area contributed by atoms with E-state index in [9.17, 15) is 9.59 Å². The fourth-order valence-corrected chi connectivity index (χ4v) is 1.79. The van der Waals surface area contributed by atoms with Gasteiger partial charge in [-0.2, -0.15) is 0 Å². The van der Waals surface area contributed by atoms with E-state index in [0.29, 0.717) is 19.5 Å². The van der Waals surface area contributed by atoms with E-state index >= 15 is 0 Å². The Morgan fingerprint density at radius 2 is 2.12 bits per heavy atom. The molecular weight excluding hydrogens is 220 g/mol. The first-order valence-corrected chi connectivity index (χ1v) is 5.41. The van der Waals surface area contributed by atoms with E-state index in [2.05, 4.69) is 5.32 Å². The highest BCUT2D eigenvalue weighted by atomic mass is 16.5. The van der Waals surface area contributed by atoms with Gasteiger partial charge in [-0.1, -0.05) is 18.2 Å². The molecule has 5 heteroatoms. The van der Waals surface area contributed by atoms with Crippen LogP contribution in [-0.4, -0.2) is 30.5 Å². The van der Waals surface area contributed by atoms with Crippen molar-refractivity contribution in [3.63, 3.8) is 0 Å². The van der Waals surface area contributed by atoms with Crippen molar-refractivity contribution in [3.05, 3.63) is 29.8 Å². The largest absolute Gasteiger partial charge is 0.496 e. The molecule has 90 valence electrons. The number of para-hydroxylation sites is 1. The average Bonchev–Trinajstić information content (AvgIpc) is 2.33. The Balaban J connectivity index is 2.10. The molecule has 1 N–H and O–H groups in total. The van der Waals surface area contributed by atoms with E-state index in [1.807, 2.05) is 24.3 Å². The Bertz CT molecular complexity index is 445. The van der Waals surface area contributed by atoms with Gasteiger partial charge in [0.05, 0.1) is 13.7 Å². The molecule has 0 unspecified atom stereocenters. The van der Waals surface area contributed by atoms with Crippen LogP contribution in [0, 0.1) is 0 Å². The van der Waals surface area contributed by atoms with Gasteiger partial charge in [-0.3, -0.25) is 10.1 Å². The van der Waals surface area contributed by atoms with Gasteiger partial charge in [-0.25, -0.2) is 4.79 Å². The number of hydrogen-bond donors (Lipinski definition) is 1. The molecule has 1 aliphatic heterocycles. The second-order valence-corrected chi connectivity index (χ2v) is 3.84. The number of amides is 3. The molecule has 1 aromatic rings. The van der Waals surface area contributed by atoms with Crippen LogP contribution < -0.4 is 10.1 Å². The zero-order valence-corrected chi connectivity index (χ0v) is 9.60. The van der Waals surface area contributed by atoms with Crippen molar-refractivity contribution >= 4 is 11.9 Å². The number of nitrogens with zero attached hydrogens (tertiary/aromatic N) is 1. The molecule has 0 aromatic heterocycles. The summed E-state index contributed by atoms with van der Waals surface area (Å²) in [5.41, 5.74) is 0.930. The lowest BCUT2D eigenvalue weighted by Gasteiger charge is -2.27. The highest BCUT2D eigenvalue weighted by molar-refractivity contribution is 5.96. The van der Waals surface area contributed by atoms with Crippen LogP contribution >= 0.6 is 0 Å². The lowest BCUT2D eigenvalue weighted by molar-refractivity contribution is -0.121. The fourth-order valence-electron chi connectivity index (χ4n) is 1.79. The highest BCUT2D eigenvalue weighted by Crippen LogP contribution is 2.19. The number of nitrogens with one attached hydrogen (secondary N) is 1. The lowest BCUT2D eigenvalue weighted by atomic mass is 10.1. The number of imide groups is 1. The average molecular weight is 234 g/mol. The van der Waals surface area contributed by atoms with Crippen molar-refractivity contribution in [2.75, 3.05) is 13.7 Å². The number of carbonyl (C=O) groups is 2. The summed E-state index contributed by atoms with van der Waals surface area (Å²) in [4.78, 5) is 24.2. The number of rotatable bonds is 3. The summed E-state index contributed by atoms with van der Waals surface area (Å²) in [6.45, 7) is 0.895. The third-order valence-electron chi connectivity index (χ3n) is 2.70. The van der Waals surface area contributed by atoms with Crippen molar-refractivity contribution in [2.24, 2.45) is 0 Å². The van der Waals surface area contributed by atoms with Crippen molar-refractivity contribution in [2.45, 2.75) is 13.0 Å². The standard InChI is InChI=1S/C12H14N2O3/c1-17-10-5-3-2-4-9(10)8-14-7-6-11(15)13-12(14)16/h2-5H,6-8H2,1H3,(H,13,15,16). The Labute approximate surface area is 99.4 Å². The molecule has 0 aliphatic carbocycles. The maximum Gasteiger partial charge on any atom is 0.324 e. The summed E-state index contributed by atoms with van der Waals surface area (Å²) in [6.07, 6.45) is 0.348. The topological polar surface area (TPSA) is 58.6 Å². The molecule has 0 radical (unpaired) electrons. The normalized spacial score (nSPS) is 15.7. The Kier molecular flexibility index (Phi) is 3.27. The minimum absolute atomic E-state index is 0.216. The quantitative estimate of drug-likeness (QED) is 0.853. The summed E-state index contributed by atoms with van der Waals surface area (Å²) in [6, 6.07) is 7.19. The molecule has 1 fully saturated rings. The third-order valence-corrected chi connectivity index (χ3v) is 2.70. The predicted molar refractivity (Wildman–Crippen MR) is 61.6 cm³/mol. The molecule has 2 rings (SSSR count). The Hall–Kier alpha value is -2.04. The van der Waals surface area contributed by atoms with Crippen LogP contribution in [0.5, 0.6) is 5.75 Å². The van der Waals surface area contributed by atoms with Crippen LogP contribution in [-0.2, 0) is 11.3 Å². The minimum Gasteiger partial charge on any atom is -0.496 e. The molecule has 3 amide bonds. The molecule has 1 aliphatic rings. The SMILES string of the molecule is COc1ccccc1CN1CCC(=O)NC1=O. The van der Waals surface area contributed by atoms with E-state index in [0.717, 1.165) is 11.3 Å². The van der Waals surface area contributed by atoms with Crippen molar-refractivity contribution in [3.8, 4) is 5.75 Å².